The average molecular weight is 598 g/mol. The lowest BCUT2D eigenvalue weighted by Gasteiger charge is -2.33. The van der Waals surface area contributed by atoms with Crippen molar-refractivity contribution in [3.05, 3.63) is 70.0 Å². The van der Waals surface area contributed by atoms with Gasteiger partial charge >= 0.3 is 12.1 Å². The highest BCUT2D eigenvalue weighted by Gasteiger charge is 2.36. The summed E-state index contributed by atoms with van der Waals surface area (Å²) in [6, 6.07) is 10.4. The van der Waals surface area contributed by atoms with Crippen LogP contribution in [0.15, 0.2) is 57.9 Å². The number of fused-ring (bicyclic) bond motifs is 1. The molecule has 2 aromatic carbocycles. The van der Waals surface area contributed by atoms with E-state index in [1.165, 1.54) is 16.7 Å². The average Bonchev–Trinajstić information content (AvgIpc) is 3.67. The van der Waals surface area contributed by atoms with Crippen LogP contribution in [0.4, 0.5) is 24.9 Å². The maximum absolute atomic E-state index is 14.3. The summed E-state index contributed by atoms with van der Waals surface area (Å²) in [7, 11) is 0. The second-order valence-corrected chi connectivity index (χ2v) is 10.7. The topological polar surface area (TPSA) is 115 Å². The van der Waals surface area contributed by atoms with E-state index in [4.69, 9.17) is 4.42 Å². The van der Waals surface area contributed by atoms with E-state index in [1.807, 2.05) is 4.90 Å². The zero-order valence-electron chi connectivity index (χ0n) is 23.2. The summed E-state index contributed by atoms with van der Waals surface area (Å²) in [5.41, 5.74) is -0.528. The van der Waals surface area contributed by atoms with Crippen molar-refractivity contribution in [3.8, 4) is 16.9 Å². The minimum atomic E-state index is -4.64. The van der Waals surface area contributed by atoms with Gasteiger partial charge in [-0.1, -0.05) is 6.07 Å². The SMILES string of the molecule is O=C(O)c1cn(-c2ccc3nc(N4CCN(CCO)CC4)oc3c2)c(-c2ccc(N3CCCC3)c(C(F)(F)F)c2)cc1=O. The molecule has 6 rings (SSSR count). The van der Waals surface area contributed by atoms with E-state index >= 15 is 0 Å². The molecule has 10 nitrogen and oxygen atoms in total. The molecule has 2 saturated heterocycles. The summed E-state index contributed by atoms with van der Waals surface area (Å²) in [5, 5.41) is 18.8. The van der Waals surface area contributed by atoms with Crippen molar-refractivity contribution in [2.75, 3.05) is 62.2 Å². The van der Waals surface area contributed by atoms with E-state index in [1.54, 1.807) is 23.1 Å². The third kappa shape index (κ3) is 5.69. The number of rotatable bonds is 7. The number of aromatic carboxylic acids is 1. The summed E-state index contributed by atoms with van der Waals surface area (Å²) < 4.78 is 50.2. The number of hydrogen-bond acceptors (Lipinski definition) is 8. The van der Waals surface area contributed by atoms with Gasteiger partial charge in [0.05, 0.1) is 17.9 Å². The molecule has 226 valence electrons. The van der Waals surface area contributed by atoms with Crippen LogP contribution in [0, 0.1) is 0 Å². The number of aromatic nitrogens is 2. The Bertz CT molecular complexity index is 1720. The summed E-state index contributed by atoms with van der Waals surface area (Å²) in [6.07, 6.45) is -1.90. The van der Waals surface area contributed by atoms with Crippen LogP contribution in [0.2, 0.25) is 0 Å². The second kappa shape index (κ2) is 11.4. The lowest BCUT2D eigenvalue weighted by atomic mass is 10.0. The molecule has 4 aromatic rings. The monoisotopic (exact) mass is 597 g/mol. The Kier molecular flexibility index (Phi) is 7.61. The number of carbonyl (C=O) groups is 1. The van der Waals surface area contributed by atoms with Crippen molar-refractivity contribution < 1.29 is 32.6 Å². The number of carboxylic acids is 1. The first kappa shape index (κ1) is 28.7. The number of hydrogen-bond donors (Lipinski definition) is 2. The Morgan fingerprint density at radius 3 is 2.37 bits per heavy atom. The number of alkyl halides is 3. The molecule has 43 heavy (non-hydrogen) atoms. The van der Waals surface area contributed by atoms with Gasteiger partial charge in [0.15, 0.2) is 11.0 Å². The molecule has 2 aliphatic rings. The van der Waals surface area contributed by atoms with Crippen LogP contribution in [-0.4, -0.2) is 83.1 Å². The zero-order chi connectivity index (χ0) is 30.3. The number of halogens is 3. The normalized spacial score (nSPS) is 16.4. The smallest absolute Gasteiger partial charge is 0.418 e. The molecular weight excluding hydrogens is 567 g/mol. The highest BCUT2D eigenvalue weighted by molar-refractivity contribution is 5.88. The predicted octanol–water partition coefficient (Wildman–Crippen LogP) is 4.08. The molecule has 2 N–H and O–H groups in total. The predicted molar refractivity (Wildman–Crippen MR) is 154 cm³/mol. The van der Waals surface area contributed by atoms with Gasteiger partial charge in [-0.2, -0.15) is 18.2 Å². The van der Waals surface area contributed by atoms with Crippen LogP contribution >= 0.6 is 0 Å². The first-order valence-electron chi connectivity index (χ1n) is 14.1. The molecule has 13 heteroatoms. The fourth-order valence-electron chi connectivity index (χ4n) is 5.78. The maximum Gasteiger partial charge on any atom is 0.418 e. The number of aliphatic hydroxyl groups is 1. The zero-order valence-corrected chi connectivity index (χ0v) is 23.2. The number of anilines is 2. The minimum Gasteiger partial charge on any atom is -0.477 e. The number of aliphatic hydroxyl groups excluding tert-OH is 1. The first-order chi connectivity index (χ1) is 20.6. The van der Waals surface area contributed by atoms with E-state index in [-0.39, 0.29) is 23.6 Å². The van der Waals surface area contributed by atoms with Gasteiger partial charge in [-0.05, 0) is 42.7 Å². The van der Waals surface area contributed by atoms with Crippen LogP contribution in [0.5, 0.6) is 0 Å². The van der Waals surface area contributed by atoms with Gasteiger partial charge in [-0.3, -0.25) is 9.69 Å². The van der Waals surface area contributed by atoms with Gasteiger partial charge in [0.1, 0.15) is 11.1 Å². The first-order valence-corrected chi connectivity index (χ1v) is 14.1. The Morgan fingerprint density at radius 1 is 0.953 bits per heavy atom. The second-order valence-electron chi connectivity index (χ2n) is 10.7. The standard InChI is InChI=1S/C30H30F3N5O5/c31-30(32,33)22-15-19(3-6-24(22)36-7-1-2-8-36)25-17-26(40)21(28(41)42)18-38(25)20-4-5-23-27(16-20)43-29(34-23)37-11-9-35(10-12-37)13-14-39/h3-6,15-18,39H,1-2,7-14H2,(H,41,42). The van der Waals surface area contributed by atoms with Crippen molar-refractivity contribution in [1.29, 1.82) is 0 Å². The summed E-state index contributed by atoms with van der Waals surface area (Å²) in [5.74, 6) is -1.45. The number of nitrogens with zero attached hydrogens (tertiary/aromatic N) is 5. The molecule has 0 aliphatic carbocycles. The number of carboxylic acid groups (broad SMARTS) is 1. The Morgan fingerprint density at radius 2 is 1.70 bits per heavy atom. The Labute approximate surface area is 244 Å². The molecule has 2 aromatic heterocycles. The van der Waals surface area contributed by atoms with Crippen molar-refractivity contribution in [3.63, 3.8) is 0 Å². The van der Waals surface area contributed by atoms with Gasteiger partial charge in [0, 0.05) is 75.5 Å². The van der Waals surface area contributed by atoms with Crippen LogP contribution in [0.25, 0.3) is 28.0 Å². The lowest BCUT2D eigenvalue weighted by molar-refractivity contribution is -0.137. The number of piperazine rings is 1. The maximum atomic E-state index is 14.3. The van der Waals surface area contributed by atoms with E-state index in [2.05, 4.69) is 9.88 Å². The molecule has 0 bridgehead atoms. The number of benzene rings is 2. The minimum absolute atomic E-state index is 0.0811. The van der Waals surface area contributed by atoms with E-state index in [0.29, 0.717) is 55.5 Å². The van der Waals surface area contributed by atoms with Gasteiger partial charge in [-0.15, -0.1) is 0 Å². The molecular formula is C30H30F3N5O5. The molecule has 0 unspecified atom stereocenters. The van der Waals surface area contributed by atoms with E-state index in [9.17, 15) is 33.0 Å². The lowest BCUT2D eigenvalue weighted by Crippen LogP contribution is -2.47. The largest absolute Gasteiger partial charge is 0.477 e. The van der Waals surface area contributed by atoms with Crippen LogP contribution in [-0.2, 0) is 6.18 Å². The molecule has 0 spiro atoms. The Balaban J connectivity index is 1.42. The van der Waals surface area contributed by atoms with Crippen LogP contribution in [0.1, 0.15) is 28.8 Å². The number of pyridine rings is 1. The summed E-state index contributed by atoms with van der Waals surface area (Å²) >= 11 is 0. The van der Waals surface area contributed by atoms with Crippen LogP contribution in [0.3, 0.4) is 0 Å². The molecule has 0 radical (unpaired) electrons. The number of oxazole rings is 1. The molecule has 4 heterocycles. The van der Waals surface area contributed by atoms with Gasteiger partial charge < -0.3 is 29.0 Å². The van der Waals surface area contributed by atoms with Gasteiger partial charge in [-0.25, -0.2) is 4.79 Å². The van der Waals surface area contributed by atoms with Crippen molar-refractivity contribution in [1.82, 2.24) is 14.5 Å². The molecule has 2 aliphatic heterocycles. The molecule has 0 amide bonds. The molecule has 2 fully saturated rings. The summed E-state index contributed by atoms with van der Waals surface area (Å²) in [6.45, 7) is 4.51. The summed E-state index contributed by atoms with van der Waals surface area (Å²) in [4.78, 5) is 35.0. The third-order valence-electron chi connectivity index (χ3n) is 8.02. The highest BCUT2D eigenvalue weighted by atomic mass is 19.4. The van der Waals surface area contributed by atoms with E-state index < -0.39 is 28.7 Å². The van der Waals surface area contributed by atoms with E-state index in [0.717, 1.165) is 44.3 Å². The molecule has 0 atom stereocenters. The third-order valence-corrected chi connectivity index (χ3v) is 8.02. The fourth-order valence-corrected chi connectivity index (χ4v) is 5.78. The quantitative estimate of drug-likeness (QED) is 0.325. The highest BCUT2D eigenvalue weighted by Crippen LogP contribution is 2.40. The van der Waals surface area contributed by atoms with Crippen LogP contribution < -0.4 is 15.2 Å². The van der Waals surface area contributed by atoms with Crippen molar-refractivity contribution in [2.24, 2.45) is 0 Å². The Hall–Kier alpha value is -4.36. The van der Waals surface area contributed by atoms with Crippen molar-refractivity contribution in [2.45, 2.75) is 19.0 Å². The fraction of sp³-hybridized carbons (Fsp3) is 0.367. The van der Waals surface area contributed by atoms with Crippen molar-refractivity contribution >= 4 is 28.8 Å². The van der Waals surface area contributed by atoms with Gasteiger partial charge in [0.25, 0.3) is 6.01 Å². The number of β-amino-alcohol motifs (C(OH)–C–C–N with tert-alkyl or cyclic N) is 1. The van der Waals surface area contributed by atoms with Gasteiger partial charge in [0.2, 0.25) is 0 Å². The molecule has 0 saturated carbocycles.